The molecule has 0 atom stereocenters. The van der Waals surface area contributed by atoms with Crippen LogP contribution in [0.2, 0.25) is 0 Å². The van der Waals surface area contributed by atoms with Gasteiger partial charge in [-0.3, -0.25) is 9.69 Å². The number of fused-ring (bicyclic) bond motifs is 1. The number of carbonyl (C=O) groups excluding carboxylic acids is 1. The summed E-state index contributed by atoms with van der Waals surface area (Å²) < 4.78 is 8.26. The van der Waals surface area contributed by atoms with Crippen molar-refractivity contribution < 1.29 is 9.21 Å². The van der Waals surface area contributed by atoms with E-state index in [9.17, 15) is 4.79 Å². The van der Waals surface area contributed by atoms with Crippen LogP contribution in [-0.4, -0.2) is 56.7 Å². The minimum atomic E-state index is 0.207. The standard InChI is InChI=1S/C25H31N5O2/c31-25(13-11-21-10-12-22(32-21)20-7-3-1-4-8-20)29-17-15-28(16-18-29)19-24-27-26-23-9-5-2-6-14-30(23)24/h1,3-4,7-8,10,12H,2,5-6,9,11,13-19H2. The summed E-state index contributed by atoms with van der Waals surface area (Å²) in [7, 11) is 0. The number of aryl methyl sites for hydroxylation is 2. The van der Waals surface area contributed by atoms with E-state index in [0.717, 1.165) is 74.4 Å². The Kier molecular flexibility index (Phi) is 6.34. The summed E-state index contributed by atoms with van der Waals surface area (Å²) in [6.45, 7) is 5.17. The predicted octanol–water partition coefficient (Wildman–Crippen LogP) is 3.54. The molecule has 32 heavy (non-hydrogen) atoms. The van der Waals surface area contributed by atoms with Crippen LogP contribution in [0.3, 0.4) is 0 Å². The minimum Gasteiger partial charge on any atom is -0.461 e. The lowest BCUT2D eigenvalue weighted by molar-refractivity contribution is -0.133. The Labute approximate surface area is 189 Å². The van der Waals surface area contributed by atoms with Crippen LogP contribution >= 0.6 is 0 Å². The van der Waals surface area contributed by atoms with Crippen LogP contribution in [0.5, 0.6) is 0 Å². The third-order valence-electron chi connectivity index (χ3n) is 6.58. The van der Waals surface area contributed by atoms with Gasteiger partial charge >= 0.3 is 0 Å². The van der Waals surface area contributed by atoms with Crippen molar-refractivity contribution in [2.45, 2.75) is 51.6 Å². The van der Waals surface area contributed by atoms with Gasteiger partial charge in [0.25, 0.3) is 0 Å². The Bertz CT molecular complexity index is 1030. The van der Waals surface area contributed by atoms with E-state index in [-0.39, 0.29) is 5.91 Å². The molecule has 2 aromatic heterocycles. The lowest BCUT2D eigenvalue weighted by atomic mass is 10.2. The van der Waals surface area contributed by atoms with Crippen LogP contribution in [0.1, 0.15) is 43.1 Å². The maximum absolute atomic E-state index is 12.7. The number of hydrogen-bond acceptors (Lipinski definition) is 5. The maximum Gasteiger partial charge on any atom is 0.223 e. The van der Waals surface area contributed by atoms with Crippen molar-refractivity contribution in [1.29, 1.82) is 0 Å². The molecular weight excluding hydrogens is 402 g/mol. The summed E-state index contributed by atoms with van der Waals surface area (Å²) in [6, 6.07) is 14.0. The van der Waals surface area contributed by atoms with E-state index < -0.39 is 0 Å². The number of hydrogen-bond donors (Lipinski definition) is 0. The van der Waals surface area contributed by atoms with Gasteiger partial charge in [-0.15, -0.1) is 10.2 Å². The number of furan rings is 1. The summed E-state index contributed by atoms with van der Waals surface area (Å²) in [5.41, 5.74) is 1.06. The van der Waals surface area contributed by atoms with Gasteiger partial charge in [-0.25, -0.2) is 0 Å². The Balaban J connectivity index is 1.09. The third kappa shape index (κ3) is 4.78. The molecule has 1 amide bonds. The molecule has 0 bridgehead atoms. The number of amides is 1. The predicted molar refractivity (Wildman–Crippen MR) is 122 cm³/mol. The van der Waals surface area contributed by atoms with Crippen LogP contribution in [0.15, 0.2) is 46.9 Å². The van der Waals surface area contributed by atoms with E-state index in [1.807, 2.05) is 47.4 Å². The van der Waals surface area contributed by atoms with Crippen LogP contribution in [0.25, 0.3) is 11.3 Å². The van der Waals surface area contributed by atoms with Gasteiger partial charge in [0.15, 0.2) is 0 Å². The summed E-state index contributed by atoms with van der Waals surface area (Å²) >= 11 is 0. The molecule has 0 radical (unpaired) electrons. The van der Waals surface area contributed by atoms with Gasteiger partial charge in [-0.1, -0.05) is 36.8 Å². The van der Waals surface area contributed by atoms with Crippen molar-refractivity contribution in [2.24, 2.45) is 0 Å². The van der Waals surface area contributed by atoms with Gasteiger partial charge in [0.2, 0.25) is 5.91 Å². The van der Waals surface area contributed by atoms with Crippen molar-refractivity contribution in [3.8, 4) is 11.3 Å². The number of benzene rings is 1. The quantitative estimate of drug-likeness (QED) is 0.595. The number of carbonyl (C=O) groups is 1. The van der Waals surface area contributed by atoms with E-state index >= 15 is 0 Å². The van der Waals surface area contributed by atoms with E-state index in [1.54, 1.807) is 0 Å². The molecule has 2 aliphatic heterocycles. The second-order valence-electron chi connectivity index (χ2n) is 8.78. The van der Waals surface area contributed by atoms with Crippen LogP contribution < -0.4 is 0 Å². The molecule has 168 valence electrons. The summed E-state index contributed by atoms with van der Waals surface area (Å²) in [6.07, 6.45) is 5.86. The molecule has 1 aromatic carbocycles. The first kappa shape index (κ1) is 20.9. The molecule has 0 aliphatic carbocycles. The molecule has 1 saturated heterocycles. The van der Waals surface area contributed by atoms with Gasteiger partial charge in [0, 0.05) is 57.5 Å². The van der Waals surface area contributed by atoms with E-state index in [4.69, 9.17) is 4.42 Å². The Morgan fingerprint density at radius 2 is 1.75 bits per heavy atom. The largest absolute Gasteiger partial charge is 0.461 e. The average molecular weight is 434 g/mol. The van der Waals surface area contributed by atoms with Crippen molar-refractivity contribution in [2.75, 3.05) is 26.2 Å². The van der Waals surface area contributed by atoms with Gasteiger partial charge in [0.05, 0.1) is 6.54 Å². The molecular formula is C25H31N5O2. The average Bonchev–Trinajstić information content (AvgIpc) is 3.39. The van der Waals surface area contributed by atoms with Gasteiger partial charge in [-0.2, -0.15) is 0 Å². The number of piperazine rings is 1. The van der Waals surface area contributed by atoms with E-state index in [1.165, 1.54) is 19.3 Å². The van der Waals surface area contributed by atoms with Crippen molar-refractivity contribution >= 4 is 5.91 Å². The first-order valence-electron chi connectivity index (χ1n) is 11.8. The molecule has 7 heteroatoms. The fraction of sp³-hybridized carbons (Fsp3) is 0.480. The van der Waals surface area contributed by atoms with Gasteiger partial charge in [0.1, 0.15) is 23.2 Å². The smallest absolute Gasteiger partial charge is 0.223 e. The Morgan fingerprint density at radius 3 is 2.59 bits per heavy atom. The zero-order chi connectivity index (χ0) is 21.8. The van der Waals surface area contributed by atoms with Gasteiger partial charge < -0.3 is 13.9 Å². The molecule has 2 aliphatic rings. The fourth-order valence-electron chi connectivity index (χ4n) is 4.68. The van der Waals surface area contributed by atoms with Crippen LogP contribution in [0.4, 0.5) is 0 Å². The normalized spacial score (nSPS) is 17.2. The molecule has 1 fully saturated rings. The van der Waals surface area contributed by atoms with Crippen molar-refractivity contribution in [3.05, 3.63) is 59.9 Å². The SMILES string of the molecule is O=C(CCc1ccc(-c2ccccc2)o1)N1CCN(Cc2nnc3n2CCCCC3)CC1. The van der Waals surface area contributed by atoms with E-state index in [0.29, 0.717) is 12.8 Å². The van der Waals surface area contributed by atoms with Crippen molar-refractivity contribution in [3.63, 3.8) is 0 Å². The molecule has 0 unspecified atom stereocenters. The number of nitrogens with zero attached hydrogens (tertiary/aromatic N) is 5. The first-order valence-corrected chi connectivity index (χ1v) is 11.8. The monoisotopic (exact) mass is 433 g/mol. The molecule has 0 saturated carbocycles. The first-order chi connectivity index (χ1) is 15.8. The second-order valence-corrected chi connectivity index (χ2v) is 8.78. The topological polar surface area (TPSA) is 67.4 Å². The number of aromatic nitrogens is 3. The van der Waals surface area contributed by atoms with Crippen molar-refractivity contribution in [1.82, 2.24) is 24.6 Å². The maximum atomic E-state index is 12.7. The Morgan fingerprint density at radius 1 is 0.906 bits per heavy atom. The fourth-order valence-corrected chi connectivity index (χ4v) is 4.68. The molecule has 0 N–H and O–H groups in total. The van der Waals surface area contributed by atoms with Gasteiger partial charge in [-0.05, 0) is 25.0 Å². The molecule has 0 spiro atoms. The molecule has 5 rings (SSSR count). The summed E-state index contributed by atoms with van der Waals surface area (Å²) in [5.74, 6) is 4.14. The zero-order valence-electron chi connectivity index (χ0n) is 18.6. The highest BCUT2D eigenvalue weighted by atomic mass is 16.3. The highest BCUT2D eigenvalue weighted by Crippen LogP contribution is 2.23. The summed E-state index contributed by atoms with van der Waals surface area (Å²) in [5, 5.41) is 8.87. The second kappa shape index (κ2) is 9.69. The minimum absolute atomic E-state index is 0.207. The third-order valence-corrected chi connectivity index (χ3v) is 6.58. The van der Waals surface area contributed by atoms with E-state index in [2.05, 4.69) is 19.7 Å². The lowest BCUT2D eigenvalue weighted by Gasteiger charge is -2.34. The lowest BCUT2D eigenvalue weighted by Crippen LogP contribution is -2.48. The molecule has 4 heterocycles. The van der Waals surface area contributed by atoms with Crippen LogP contribution in [0, 0.1) is 0 Å². The molecule has 7 nitrogen and oxygen atoms in total. The highest BCUT2D eigenvalue weighted by Gasteiger charge is 2.23. The van der Waals surface area contributed by atoms with Crippen LogP contribution in [-0.2, 0) is 30.7 Å². The number of rotatable bonds is 6. The Hall–Kier alpha value is -2.93. The zero-order valence-corrected chi connectivity index (χ0v) is 18.6. The molecule has 3 aromatic rings. The highest BCUT2D eigenvalue weighted by molar-refractivity contribution is 5.76. The summed E-state index contributed by atoms with van der Waals surface area (Å²) in [4.78, 5) is 17.1.